The summed E-state index contributed by atoms with van der Waals surface area (Å²) in [5, 5.41) is 6.01. The molecule has 0 aliphatic rings. The minimum Gasteiger partial charge on any atom is -0.469 e. The number of methoxy groups -OCH3 is 1. The highest BCUT2D eigenvalue weighted by Crippen LogP contribution is 1.99. The molecule has 1 amide bonds. The van der Waals surface area contributed by atoms with E-state index in [0.717, 1.165) is 25.1 Å². The second-order valence-corrected chi connectivity index (χ2v) is 4.14. The van der Waals surface area contributed by atoms with Crippen LogP contribution in [0.1, 0.15) is 19.1 Å². The lowest BCUT2D eigenvalue weighted by molar-refractivity contribution is -0.122. The zero-order chi connectivity index (χ0) is 13.2. The number of nitrogens with one attached hydrogen (secondary N) is 2. The molecule has 1 unspecified atom stereocenters. The molecule has 0 saturated heterocycles. The summed E-state index contributed by atoms with van der Waals surface area (Å²) >= 11 is 0. The summed E-state index contributed by atoms with van der Waals surface area (Å²) in [5.74, 6) is 0.945. The van der Waals surface area contributed by atoms with Crippen molar-refractivity contribution in [3.05, 3.63) is 24.2 Å². The van der Waals surface area contributed by atoms with Crippen LogP contribution < -0.4 is 10.6 Å². The van der Waals surface area contributed by atoms with Crippen molar-refractivity contribution >= 4 is 5.91 Å². The minimum absolute atomic E-state index is 0.0190. The molecule has 0 saturated carbocycles. The largest absolute Gasteiger partial charge is 0.469 e. The minimum atomic E-state index is -0.192. The van der Waals surface area contributed by atoms with Gasteiger partial charge >= 0.3 is 0 Å². The third-order valence-electron chi connectivity index (χ3n) is 2.62. The Morgan fingerprint density at radius 2 is 2.33 bits per heavy atom. The van der Waals surface area contributed by atoms with Crippen LogP contribution in [0.4, 0.5) is 0 Å². The van der Waals surface area contributed by atoms with E-state index in [0.29, 0.717) is 13.2 Å². The van der Waals surface area contributed by atoms with Gasteiger partial charge in [0.1, 0.15) is 5.76 Å². The van der Waals surface area contributed by atoms with Crippen molar-refractivity contribution in [2.75, 3.05) is 26.8 Å². The van der Waals surface area contributed by atoms with Gasteiger partial charge in [0.25, 0.3) is 0 Å². The summed E-state index contributed by atoms with van der Waals surface area (Å²) in [6, 6.07) is 3.60. The third-order valence-corrected chi connectivity index (χ3v) is 2.62. The molecule has 1 aromatic rings. The molecule has 0 aliphatic carbocycles. The Hall–Kier alpha value is -1.33. The smallest absolute Gasteiger partial charge is 0.236 e. The second-order valence-electron chi connectivity index (χ2n) is 4.14. The number of amides is 1. The number of carbonyl (C=O) groups is 1. The van der Waals surface area contributed by atoms with Gasteiger partial charge in [-0.3, -0.25) is 4.79 Å². The summed E-state index contributed by atoms with van der Waals surface area (Å²) < 4.78 is 10.1. The van der Waals surface area contributed by atoms with Crippen LogP contribution in [-0.2, 0) is 16.0 Å². The van der Waals surface area contributed by atoms with E-state index >= 15 is 0 Å². The molecule has 2 N–H and O–H groups in total. The third kappa shape index (κ3) is 5.84. The fraction of sp³-hybridized carbons (Fsp3) is 0.615. The molecule has 102 valence electrons. The number of furan rings is 1. The van der Waals surface area contributed by atoms with E-state index in [1.54, 1.807) is 13.4 Å². The monoisotopic (exact) mass is 254 g/mol. The summed E-state index contributed by atoms with van der Waals surface area (Å²) in [6.07, 6.45) is 3.27. The summed E-state index contributed by atoms with van der Waals surface area (Å²) in [4.78, 5) is 11.7. The molecule has 1 rings (SSSR count). The highest BCUT2D eigenvalue weighted by atomic mass is 16.5. The lowest BCUT2D eigenvalue weighted by Gasteiger charge is -2.13. The molecule has 5 nitrogen and oxygen atoms in total. The summed E-state index contributed by atoms with van der Waals surface area (Å²) in [7, 11) is 1.65. The number of hydrogen-bond donors (Lipinski definition) is 2. The van der Waals surface area contributed by atoms with Crippen molar-refractivity contribution in [2.45, 2.75) is 25.8 Å². The zero-order valence-corrected chi connectivity index (χ0v) is 11.1. The zero-order valence-electron chi connectivity index (χ0n) is 11.1. The molecular weight excluding hydrogens is 232 g/mol. The van der Waals surface area contributed by atoms with E-state index in [-0.39, 0.29) is 11.9 Å². The van der Waals surface area contributed by atoms with Crippen LogP contribution in [0.2, 0.25) is 0 Å². The predicted octanol–water partition coefficient (Wildman–Crippen LogP) is 0.953. The Morgan fingerprint density at radius 1 is 1.50 bits per heavy atom. The highest BCUT2D eigenvalue weighted by molar-refractivity contribution is 5.81. The van der Waals surface area contributed by atoms with Gasteiger partial charge in [-0.05, 0) is 25.5 Å². The standard InChI is InChI=1S/C13H22N2O3/c1-11(13(16)15-7-4-9-17-2)14-8-6-12-5-3-10-18-12/h3,5,10-11,14H,4,6-9H2,1-2H3,(H,15,16). The molecule has 18 heavy (non-hydrogen) atoms. The van der Waals surface area contributed by atoms with Gasteiger partial charge in [0.2, 0.25) is 5.91 Å². The Kier molecular flexibility index (Phi) is 7.13. The lowest BCUT2D eigenvalue weighted by Crippen LogP contribution is -2.43. The van der Waals surface area contributed by atoms with Crippen LogP contribution in [0, 0.1) is 0 Å². The van der Waals surface area contributed by atoms with Crippen molar-refractivity contribution in [3.8, 4) is 0 Å². The normalized spacial score (nSPS) is 12.3. The average molecular weight is 254 g/mol. The average Bonchev–Trinajstić information content (AvgIpc) is 2.87. The maximum atomic E-state index is 11.7. The van der Waals surface area contributed by atoms with Gasteiger partial charge in [-0.15, -0.1) is 0 Å². The van der Waals surface area contributed by atoms with Crippen LogP contribution in [0.5, 0.6) is 0 Å². The molecule has 1 aromatic heterocycles. The Morgan fingerprint density at radius 3 is 3.00 bits per heavy atom. The predicted molar refractivity (Wildman–Crippen MR) is 69.4 cm³/mol. The molecule has 0 fully saturated rings. The summed E-state index contributed by atoms with van der Waals surface area (Å²) in [6.45, 7) is 3.89. The van der Waals surface area contributed by atoms with Gasteiger partial charge in [0.05, 0.1) is 12.3 Å². The number of carbonyl (C=O) groups excluding carboxylic acids is 1. The fourth-order valence-electron chi connectivity index (χ4n) is 1.54. The fourth-order valence-corrected chi connectivity index (χ4v) is 1.54. The Labute approximate surface area is 108 Å². The van der Waals surface area contributed by atoms with E-state index in [2.05, 4.69) is 10.6 Å². The van der Waals surface area contributed by atoms with E-state index in [4.69, 9.17) is 9.15 Å². The molecule has 0 radical (unpaired) electrons. The SMILES string of the molecule is COCCCNC(=O)C(C)NCCc1ccco1. The van der Waals surface area contributed by atoms with Crippen molar-refractivity contribution in [1.82, 2.24) is 10.6 Å². The first-order valence-corrected chi connectivity index (χ1v) is 6.26. The van der Waals surface area contributed by atoms with E-state index in [1.165, 1.54) is 0 Å². The number of rotatable bonds is 9. The van der Waals surface area contributed by atoms with Crippen molar-refractivity contribution < 1.29 is 13.9 Å². The van der Waals surface area contributed by atoms with E-state index < -0.39 is 0 Å². The van der Waals surface area contributed by atoms with Crippen LogP contribution in [-0.4, -0.2) is 38.8 Å². The van der Waals surface area contributed by atoms with Gasteiger partial charge in [0, 0.05) is 33.2 Å². The van der Waals surface area contributed by atoms with E-state index in [9.17, 15) is 4.79 Å². The molecule has 0 spiro atoms. The van der Waals surface area contributed by atoms with Gasteiger partial charge in [-0.25, -0.2) is 0 Å². The Balaban J connectivity index is 2.08. The first-order chi connectivity index (χ1) is 8.74. The van der Waals surface area contributed by atoms with Gasteiger partial charge in [0.15, 0.2) is 0 Å². The van der Waals surface area contributed by atoms with Crippen LogP contribution in [0.3, 0.4) is 0 Å². The van der Waals surface area contributed by atoms with Crippen LogP contribution in [0.25, 0.3) is 0 Å². The topological polar surface area (TPSA) is 63.5 Å². The number of ether oxygens (including phenoxy) is 1. The van der Waals surface area contributed by atoms with Gasteiger partial charge < -0.3 is 19.8 Å². The quantitative estimate of drug-likeness (QED) is 0.644. The second kappa shape index (κ2) is 8.72. The molecule has 5 heteroatoms. The highest BCUT2D eigenvalue weighted by Gasteiger charge is 2.10. The molecular formula is C13H22N2O3. The lowest BCUT2D eigenvalue weighted by atomic mass is 10.2. The Bertz CT molecular complexity index is 325. The molecule has 1 atom stereocenters. The van der Waals surface area contributed by atoms with Crippen LogP contribution >= 0.6 is 0 Å². The first kappa shape index (κ1) is 14.7. The number of hydrogen-bond acceptors (Lipinski definition) is 4. The van der Waals surface area contributed by atoms with Gasteiger partial charge in [-0.1, -0.05) is 0 Å². The molecule has 1 heterocycles. The molecule has 0 bridgehead atoms. The first-order valence-electron chi connectivity index (χ1n) is 6.26. The molecule has 0 aromatic carbocycles. The van der Waals surface area contributed by atoms with Crippen molar-refractivity contribution in [1.29, 1.82) is 0 Å². The molecule has 0 aliphatic heterocycles. The van der Waals surface area contributed by atoms with Crippen molar-refractivity contribution in [3.63, 3.8) is 0 Å². The summed E-state index contributed by atoms with van der Waals surface area (Å²) in [5.41, 5.74) is 0. The maximum absolute atomic E-state index is 11.7. The maximum Gasteiger partial charge on any atom is 0.236 e. The van der Waals surface area contributed by atoms with Crippen LogP contribution in [0.15, 0.2) is 22.8 Å². The van der Waals surface area contributed by atoms with Gasteiger partial charge in [-0.2, -0.15) is 0 Å². The van der Waals surface area contributed by atoms with Crippen molar-refractivity contribution in [2.24, 2.45) is 0 Å². The van der Waals surface area contributed by atoms with E-state index in [1.807, 2.05) is 19.1 Å².